The first-order valence-electron chi connectivity index (χ1n) is 12.7. The summed E-state index contributed by atoms with van der Waals surface area (Å²) < 4.78 is 10.8. The molecular weight excluding hydrogens is 472 g/mol. The predicted molar refractivity (Wildman–Crippen MR) is 148 cm³/mol. The molecule has 0 N–H and O–H groups in total. The molecule has 6 nitrogen and oxygen atoms in total. The van der Waals surface area contributed by atoms with Gasteiger partial charge in [0.15, 0.2) is 11.5 Å². The number of nitrogens with zero attached hydrogens (tertiary/aromatic N) is 2. The lowest BCUT2D eigenvalue weighted by atomic mass is 9.84. The predicted octanol–water partition coefficient (Wildman–Crippen LogP) is 6.04. The van der Waals surface area contributed by atoms with Crippen molar-refractivity contribution in [3.05, 3.63) is 46.2 Å². The van der Waals surface area contributed by atoms with E-state index >= 15 is 0 Å². The third-order valence-electron chi connectivity index (χ3n) is 6.13. The summed E-state index contributed by atoms with van der Waals surface area (Å²) in [4.78, 5) is 31.5. The average Bonchev–Trinajstić information content (AvgIpc) is 3.31. The van der Waals surface area contributed by atoms with Gasteiger partial charge in [-0.25, -0.2) is 0 Å². The SMILES string of the molecule is COc1ccc(CCN(Cc2cccs2)C(=O)CN(C(=O)CC(C)CC(C)(C)C)C(C)C)cc1OC. The summed E-state index contributed by atoms with van der Waals surface area (Å²) in [6, 6.07) is 9.83. The van der Waals surface area contributed by atoms with Crippen LogP contribution in [-0.4, -0.2) is 55.0 Å². The van der Waals surface area contributed by atoms with Crippen LogP contribution in [0.25, 0.3) is 0 Å². The molecule has 0 aliphatic heterocycles. The van der Waals surface area contributed by atoms with Gasteiger partial charge in [0.1, 0.15) is 0 Å². The molecule has 1 aromatic heterocycles. The molecule has 0 aliphatic carbocycles. The molecule has 36 heavy (non-hydrogen) atoms. The van der Waals surface area contributed by atoms with Gasteiger partial charge in [-0.15, -0.1) is 11.3 Å². The van der Waals surface area contributed by atoms with Crippen molar-refractivity contribution in [2.45, 2.75) is 73.4 Å². The zero-order valence-corrected chi connectivity index (χ0v) is 24.1. The van der Waals surface area contributed by atoms with Crippen LogP contribution in [0.3, 0.4) is 0 Å². The number of carbonyl (C=O) groups excluding carboxylic acids is 2. The van der Waals surface area contributed by atoms with Crippen molar-refractivity contribution < 1.29 is 19.1 Å². The lowest BCUT2D eigenvalue weighted by Crippen LogP contribution is -2.46. The molecule has 2 aromatic rings. The number of ether oxygens (including phenoxy) is 2. The van der Waals surface area contributed by atoms with Gasteiger partial charge >= 0.3 is 0 Å². The lowest BCUT2D eigenvalue weighted by Gasteiger charge is -2.31. The topological polar surface area (TPSA) is 59.1 Å². The Labute approximate surface area is 221 Å². The maximum absolute atomic E-state index is 13.5. The van der Waals surface area contributed by atoms with E-state index in [4.69, 9.17) is 9.47 Å². The van der Waals surface area contributed by atoms with Crippen LogP contribution in [0.15, 0.2) is 35.7 Å². The first-order chi connectivity index (χ1) is 16.9. The number of hydrogen-bond acceptors (Lipinski definition) is 5. The van der Waals surface area contributed by atoms with Crippen molar-refractivity contribution in [2.24, 2.45) is 11.3 Å². The molecule has 200 valence electrons. The minimum atomic E-state index is -0.0438. The van der Waals surface area contributed by atoms with E-state index in [0.717, 1.165) is 16.9 Å². The Balaban J connectivity index is 2.13. The summed E-state index contributed by atoms with van der Waals surface area (Å²) >= 11 is 1.64. The fourth-order valence-corrected chi connectivity index (χ4v) is 5.24. The number of thiophene rings is 1. The monoisotopic (exact) mass is 516 g/mol. The second-order valence-corrected chi connectivity index (χ2v) is 12.1. The third-order valence-corrected chi connectivity index (χ3v) is 6.99. The largest absolute Gasteiger partial charge is 0.493 e. The van der Waals surface area contributed by atoms with Crippen LogP contribution in [0.5, 0.6) is 11.5 Å². The molecule has 1 heterocycles. The van der Waals surface area contributed by atoms with Crippen LogP contribution >= 0.6 is 11.3 Å². The minimum absolute atomic E-state index is 0.0330. The van der Waals surface area contributed by atoms with Crippen LogP contribution < -0.4 is 9.47 Å². The molecular formula is C29H44N2O4S. The molecule has 1 atom stereocenters. The van der Waals surface area contributed by atoms with E-state index in [1.807, 2.05) is 54.5 Å². The van der Waals surface area contributed by atoms with Gasteiger partial charge in [0, 0.05) is 23.9 Å². The lowest BCUT2D eigenvalue weighted by molar-refractivity contribution is -0.143. The molecule has 1 unspecified atom stereocenters. The fraction of sp³-hybridized carbons (Fsp3) is 0.586. The number of rotatable bonds is 13. The summed E-state index contributed by atoms with van der Waals surface area (Å²) in [5, 5.41) is 2.02. The van der Waals surface area contributed by atoms with Crippen molar-refractivity contribution in [1.82, 2.24) is 9.80 Å². The molecule has 0 saturated carbocycles. The van der Waals surface area contributed by atoms with Crippen molar-refractivity contribution in [3.63, 3.8) is 0 Å². The Morgan fingerprint density at radius 2 is 1.69 bits per heavy atom. The van der Waals surface area contributed by atoms with E-state index < -0.39 is 0 Å². The Kier molecular flexibility index (Phi) is 11.3. The van der Waals surface area contributed by atoms with Crippen LogP contribution in [0, 0.1) is 11.3 Å². The van der Waals surface area contributed by atoms with Gasteiger partial charge < -0.3 is 19.3 Å². The van der Waals surface area contributed by atoms with Gasteiger partial charge in [0.05, 0.1) is 27.3 Å². The number of amides is 2. The van der Waals surface area contributed by atoms with E-state index in [1.165, 1.54) is 0 Å². The zero-order valence-electron chi connectivity index (χ0n) is 23.3. The molecule has 2 amide bonds. The van der Waals surface area contributed by atoms with Crippen LogP contribution in [0.2, 0.25) is 0 Å². The second-order valence-electron chi connectivity index (χ2n) is 11.0. The highest BCUT2D eigenvalue weighted by Crippen LogP contribution is 2.28. The van der Waals surface area contributed by atoms with Gasteiger partial charge in [0.2, 0.25) is 11.8 Å². The molecule has 2 rings (SSSR count). The van der Waals surface area contributed by atoms with Gasteiger partial charge in [-0.1, -0.05) is 39.8 Å². The number of hydrogen-bond donors (Lipinski definition) is 0. The molecule has 0 aliphatic rings. The van der Waals surface area contributed by atoms with E-state index in [0.29, 0.717) is 37.4 Å². The Bertz CT molecular complexity index is 966. The van der Waals surface area contributed by atoms with Crippen LogP contribution in [0.1, 0.15) is 64.8 Å². The van der Waals surface area contributed by atoms with E-state index in [-0.39, 0.29) is 35.7 Å². The molecule has 0 radical (unpaired) electrons. The molecule has 1 aromatic carbocycles. The smallest absolute Gasteiger partial charge is 0.242 e. The first kappa shape index (κ1) is 29.7. The zero-order chi connectivity index (χ0) is 26.9. The summed E-state index contributed by atoms with van der Waals surface area (Å²) in [6.07, 6.45) is 2.10. The summed E-state index contributed by atoms with van der Waals surface area (Å²) in [6.45, 7) is 13.8. The highest BCUT2D eigenvalue weighted by molar-refractivity contribution is 7.09. The summed E-state index contributed by atoms with van der Waals surface area (Å²) in [5.74, 6) is 1.63. The van der Waals surface area contributed by atoms with Gasteiger partial charge in [-0.05, 0) is 67.2 Å². The van der Waals surface area contributed by atoms with E-state index in [9.17, 15) is 9.59 Å². The molecule has 0 saturated heterocycles. The minimum Gasteiger partial charge on any atom is -0.493 e. The standard InChI is InChI=1S/C29H44N2O4S/c1-21(2)31(27(32)16-22(3)18-29(4,5)6)20-28(33)30(19-24-10-9-15-36-24)14-13-23-11-12-25(34-7)26(17-23)35-8/h9-12,15,17,21-22H,13-14,16,18-20H2,1-8H3. The Morgan fingerprint density at radius 3 is 2.25 bits per heavy atom. The normalized spacial score (nSPS) is 12.4. The van der Waals surface area contributed by atoms with Crippen LogP contribution in [-0.2, 0) is 22.6 Å². The maximum Gasteiger partial charge on any atom is 0.242 e. The highest BCUT2D eigenvalue weighted by Gasteiger charge is 2.26. The van der Waals surface area contributed by atoms with Crippen molar-refractivity contribution in [1.29, 1.82) is 0 Å². The van der Waals surface area contributed by atoms with Gasteiger partial charge in [0.25, 0.3) is 0 Å². The second kappa shape index (κ2) is 13.7. The molecule has 0 bridgehead atoms. The van der Waals surface area contributed by atoms with Crippen LogP contribution in [0.4, 0.5) is 0 Å². The Morgan fingerprint density at radius 1 is 1.00 bits per heavy atom. The summed E-state index contributed by atoms with van der Waals surface area (Å²) in [5.41, 5.74) is 1.23. The van der Waals surface area contributed by atoms with Gasteiger partial charge in [-0.2, -0.15) is 0 Å². The van der Waals surface area contributed by atoms with E-state index in [1.54, 1.807) is 30.5 Å². The number of carbonyl (C=O) groups is 2. The van der Waals surface area contributed by atoms with E-state index in [2.05, 4.69) is 27.7 Å². The highest BCUT2D eigenvalue weighted by atomic mass is 32.1. The molecule has 0 spiro atoms. The maximum atomic E-state index is 13.5. The quantitative estimate of drug-likeness (QED) is 0.326. The number of methoxy groups -OCH3 is 2. The van der Waals surface area contributed by atoms with Crippen molar-refractivity contribution in [3.8, 4) is 11.5 Å². The number of benzene rings is 1. The molecule has 0 fully saturated rings. The summed E-state index contributed by atoms with van der Waals surface area (Å²) in [7, 11) is 3.23. The average molecular weight is 517 g/mol. The van der Waals surface area contributed by atoms with Crippen molar-refractivity contribution >= 4 is 23.2 Å². The third kappa shape index (κ3) is 9.49. The Hall–Kier alpha value is -2.54. The van der Waals surface area contributed by atoms with Gasteiger partial charge in [-0.3, -0.25) is 9.59 Å². The fourth-order valence-electron chi connectivity index (χ4n) is 4.52. The molecule has 7 heteroatoms. The van der Waals surface area contributed by atoms with Crippen molar-refractivity contribution in [2.75, 3.05) is 27.3 Å². The first-order valence-corrected chi connectivity index (χ1v) is 13.6.